The molecule has 0 unspecified atom stereocenters. The zero-order chi connectivity index (χ0) is 13.8. The van der Waals surface area contributed by atoms with Crippen LogP contribution >= 0.6 is 0 Å². The predicted octanol–water partition coefficient (Wildman–Crippen LogP) is -0.0810. The highest BCUT2D eigenvalue weighted by atomic mass is 16.5. The highest BCUT2D eigenvalue weighted by Crippen LogP contribution is 2.10. The van der Waals surface area contributed by atoms with E-state index < -0.39 is 0 Å². The molecule has 0 bridgehead atoms. The second kappa shape index (κ2) is 5.99. The molecular weight excluding hydrogens is 248 g/mol. The molecule has 0 saturated carbocycles. The maximum absolute atomic E-state index is 12.1. The Morgan fingerprint density at radius 2 is 2.37 bits per heavy atom. The molecular formula is C13H18N2O4. The van der Waals surface area contributed by atoms with Crippen molar-refractivity contribution in [1.82, 2.24) is 9.88 Å². The number of ether oxygens (including phenoxy) is 2. The topological polar surface area (TPSA) is 69.6 Å². The first-order valence-corrected chi connectivity index (χ1v) is 6.29. The van der Waals surface area contributed by atoms with Gasteiger partial charge in [0.25, 0.3) is 11.5 Å². The minimum atomic E-state index is -0.388. The molecule has 0 aliphatic carbocycles. The van der Waals surface area contributed by atoms with Gasteiger partial charge in [-0.3, -0.25) is 9.59 Å². The number of nitrogens with one attached hydrogen (secondary N) is 1. The van der Waals surface area contributed by atoms with E-state index in [-0.39, 0.29) is 29.2 Å². The molecule has 2 rings (SSSR count). The van der Waals surface area contributed by atoms with Gasteiger partial charge < -0.3 is 19.4 Å². The van der Waals surface area contributed by atoms with E-state index in [1.54, 1.807) is 19.3 Å². The lowest BCUT2D eigenvalue weighted by atomic mass is 10.2. The summed E-state index contributed by atoms with van der Waals surface area (Å²) in [6, 6.07) is 2.97. The fourth-order valence-corrected chi connectivity index (χ4v) is 2.06. The molecule has 19 heavy (non-hydrogen) atoms. The monoisotopic (exact) mass is 266 g/mol. The van der Waals surface area contributed by atoms with Gasteiger partial charge in [-0.1, -0.05) is 0 Å². The van der Waals surface area contributed by atoms with E-state index in [0.29, 0.717) is 19.8 Å². The maximum atomic E-state index is 12.1. The van der Waals surface area contributed by atoms with Gasteiger partial charge in [0.2, 0.25) is 0 Å². The Kier molecular flexibility index (Phi) is 4.34. The number of pyridine rings is 1. The second-order valence-corrected chi connectivity index (χ2v) is 4.45. The van der Waals surface area contributed by atoms with E-state index in [4.69, 9.17) is 9.47 Å². The first-order valence-electron chi connectivity index (χ1n) is 6.29. The van der Waals surface area contributed by atoms with Gasteiger partial charge in [-0.05, 0) is 19.1 Å². The molecule has 1 aliphatic heterocycles. The third-order valence-corrected chi connectivity index (χ3v) is 3.09. The van der Waals surface area contributed by atoms with Gasteiger partial charge in [-0.25, -0.2) is 0 Å². The lowest BCUT2D eigenvalue weighted by molar-refractivity contribution is 0.0402. The molecule has 0 aromatic carbocycles. The Bertz CT molecular complexity index is 512. The minimum Gasteiger partial charge on any atom is -0.376 e. The van der Waals surface area contributed by atoms with Crippen LogP contribution in [-0.4, -0.2) is 42.4 Å². The quantitative estimate of drug-likeness (QED) is 0.827. The van der Waals surface area contributed by atoms with E-state index in [2.05, 4.69) is 5.32 Å². The van der Waals surface area contributed by atoms with Crippen molar-refractivity contribution in [2.45, 2.75) is 19.1 Å². The Hall–Kier alpha value is -1.66. The summed E-state index contributed by atoms with van der Waals surface area (Å²) in [5.41, 5.74) is -0.181. The Morgan fingerprint density at radius 1 is 1.58 bits per heavy atom. The smallest absolute Gasteiger partial charge is 0.263 e. The van der Waals surface area contributed by atoms with Crippen LogP contribution in [0.5, 0.6) is 0 Å². The fourth-order valence-electron chi connectivity index (χ4n) is 2.06. The summed E-state index contributed by atoms with van der Waals surface area (Å²) >= 11 is 0. The van der Waals surface area contributed by atoms with Gasteiger partial charge in [-0.2, -0.15) is 0 Å². The number of aryl methyl sites for hydroxylation is 1. The van der Waals surface area contributed by atoms with Crippen LogP contribution < -0.4 is 10.9 Å². The molecule has 1 saturated heterocycles. The average molecular weight is 266 g/mol. The van der Waals surface area contributed by atoms with Crippen molar-refractivity contribution in [2.75, 3.05) is 19.8 Å². The number of aromatic nitrogens is 1. The molecule has 6 nitrogen and oxygen atoms in total. The molecule has 104 valence electrons. The number of nitrogens with zero attached hydrogens (tertiary/aromatic N) is 1. The van der Waals surface area contributed by atoms with Gasteiger partial charge in [0, 0.05) is 19.9 Å². The van der Waals surface area contributed by atoms with E-state index in [9.17, 15) is 9.59 Å². The van der Waals surface area contributed by atoms with Crippen LogP contribution in [0.15, 0.2) is 23.1 Å². The highest BCUT2D eigenvalue weighted by molar-refractivity contribution is 5.94. The van der Waals surface area contributed by atoms with Crippen molar-refractivity contribution in [3.05, 3.63) is 34.2 Å². The molecule has 2 heterocycles. The van der Waals surface area contributed by atoms with Crippen LogP contribution in [0.25, 0.3) is 0 Å². The van der Waals surface area contributed by atoms with E-state index in [1.807, 2.05) is 6.92 Å². The fraction of sp³-hybridized carbons (Fsp3) is 0.538. The Morgan fingerprint density at radius 3 is 3.11 bits per heavy atom. The molecule has 2 atom stereocenters. The molecule has 1 aromatic rings. The van der Waals surface area contributed by atoms with E-state index in [1.165, 1.54) is 10.6 Å². The summed E-state index contributed by atoms with van der Waals surface area (Å²) in [5, 5.41) is 2.80. The number of carbonyl (C=O) groups is 1. The molecule has 0 spiro atoms. The first kappa shape index (κ1) is 13.8. The summed E-state index contributed by atoms with van der Waals surface area (Å²) in [5.74, 6) is -0.388. The van der Waals surface area contributed by atoms with Crippen LogP contribution in [-0.2, 0) is 16.5 Å². The van der Waals surface area contributed by atoms with Crippen molar-refractivity contribution >= 4 is 5.91 Å². The van der Waals surface area contributed by atoms with Crippen molar-refractivity contribution in [3.8, 4) is 0 Å². The van der Waals surface area contributed by atoms with Crippen LogP contribution in [0.4, 0.5) is 0 Å². The normalized spacial score (nSPS) is 22.4. The van der Waals surface area contributed by atoms with Crippen molar-refractivity contribution in [3.63, 3.8) is 0 Å². The number of hydrogen-bond acceptors (Lipinski definition) is 4. The Balaban J connectivity index is 2.09. The van der Waals surface area contributed by atoms with Crippen molar-refractivity contribution in [2.24, 2.45) is 7.05 Å². The van der Waals surface area contributed by atoms with Crippen LogP contribution in [0.3, 0.4) is 0 Å². The number of hydrogen-bond donors (Lipinski definition) is 1. The molecule has 1 aliphatic rings. The van der Waals surface area contributed by atoms with Gasteiger partial charge in [-0.15, -0.1) is 0 Å². The highest BCUT2D eigenvalue weighted by Gasteiger charge is 2.30. The lowest BCUT2D eigenvalue weighted by Crippen LogP contribution is -2.45. The first-order chi connectivity index (χ1) is 9.13. The van der Waals surface area contributed by atoms with Gasteiger partial charge in [0.15, 0.2) is 0 Å². The number of amides is 1. The number of carbonyl (C=O) groups excluding carboxylic acids is 1. The average Bonchev–Trinajstić information content (AvgIpc) is 2.80. The van der Waals surface area contributed by atoms with Gasteiger partial charge >= 0.3 is 0 Å². The largest absolute Gasteiger partial charge is 0.376 e. The summed E-state index contributed by atoms with van der Waals surface area (Å²) in [7, 11) is 1.61. The molecule has 1 fully saturated rings. The van der Waals surface area contributed by atoms with E-state index in [0.717, 1.165) is 0 Å². The molecule has 1 N–H and O–H groups in total. The van der Waals surface area contributed by atoms with Crippen LogP contribution in [0, 0.1) is 0 Å². The number of rotatable bonds is 4. The minimum absolute atomic E-state index is 0.132. The third-order valence-electron chi connectivity index (χ3n) is 3.09. The molecule has 1 amide bonds. The van der Waals surface area contributed by atoms with Crippen molar-refractivity contribution in [1.29, 1.82) is 0 Å². The molecule has 0 radical (unpaired) electrons. The summed E-state index contributed by atoms with van der Waals surface area (Å²) in [6.07, 6.45) is 1.46. The summed E-state index contributed by atoms with van der Waals surface area (Å²) in [6.45, 7) is 3.33. The summed E-state index contributed by atoms with van der Waals surface area (Å²) in [4.78, 5) is 23.9. The van der Waals surface area contributed by atoms with Crippen LogP contribution in [0.1, 0.15) is 17.3 Å². The van der Waals surface area contributed by atoms with Gasteiger partial charge in [0.1, 0.15) is 11.7 Å². The maximum Gasteiger partial charge on any atom is 0.263 e. The zero-order valence-corrected chi connectivity index (χ0v) is 11.1. The third kappa shape index (κ3) is 3.02. The van der Waals surface area contributed by atoms with Crippen LogP contribution in [0.2, 0.25) is 0 Å². The van der Waals surface area contributed by atoms with Crippen molar-refractivity contribution < 1.29 is 14.3 Å². The lowest BCUT2D eigenvalue weighted by Gasteiger charge is -2.18. The predicted molar refractivity (Wildman–Crippen MR) is 69.2 cm³/mol. The summed E-state index contributed by atoms with van der Waals surface area (Å²) < 4.78 is 12.1. The molecule has 6 heteroatoms. The second-order valence-electron chi connectivity index (χ2n) is 4.45. The molecule has 1 aromatic heterocycles. The standard InChI is InChI=1S/C13H18N2O4/c1-3-19-11-8-18-7-10(11)14-12(16)9-5-4-6-15(2)13(9)17/h4-6,10-11H,3,7-8H2,1-2H3,(H,14,16)/t10-,11-/m0/s1. The Labute approximate surface area is 111 Å². The van der Waals surface area contributed by atoms with E-state index >= 15 is 0 Å². The van der Waals surface area contributed by atoms with Gasteiger partial charge in [0.05, 0.1) is 19.3 Å². The zero-order valence-electron chi connectivity index (χ0n) is 11.1. The SMILES string of the molecule is CCO[C@H]1COC[C@@H]1NC(=O)c1cccn(C)c1=O.